The van der Waals surface area contributed by atoms with Crippen molar-refractivity contribution in [1.29, 1.82) is 0 Å². The minimum absolute atomic E-state index is 0. The zero-order chi connectivity index (χ0) is 5.70. The minimum Gasteiger partial charge on any atom is -0.465 e. The molecule has 0 fully saturated rings. The summed E-state index contributed by atoms with van der Waals surface area (Å²) in [4.78, 5) is 10.1. The Hall–Kier alpha value is -0.280. The zero-order valence-electron chi connectivity index (χ0n) is 4.72. The van der Waals surface area contributed by atoms with E-state index in [1.165, 1.54) is 0 Å². The Labute approximate surface area is 54.6 Å². The molecule has 50 valence electrons. The van der Waals surface area contributed by atoms with Gasteiger partial charge in [-0.05, 0) is 6.92 Å². The summed E-state index contributed by atoms with van der Waals surface area (Å²) >= 11 is 0. The van der Waals surface area contributed by atoms with Crippen LogP contribution in [0, 0.1) is 0 Å². The van der Waals surface area contributed by atoms with Crippen LogP contribution in [0.4, 0.5) is 0 Å². The molecular formula is C4H10ClNO2. The van der Waals surface area contributed by atoms with Gasteiger partial charge in [0.05, 0.1) is 13.2 Å². The van der Waals surface area contributed by atoms with Gasteiger partial charge in [0, 0.05) is 0 Å². The van der Waals surface area contributed by atoms with Crippen LogP contribution in [0.3, 0.4) is 0 Å². The second kappa shape index (κ2) is 6.72. The maximum Gasteiger partial charge on any atom is 0.319 e. The van der Waals surface area contributed by atoms with Gasteiger partial charge in [-0.25, -0.2) is 0 Å². The molecule has 0 aromatic rings. The van der Waals surface area contributed by atoms with Gasteiger partial charge in [-0.15, -0.1) is 12.4 Å². The largest absolute Gasteiger partial charge is 0.465 e. The van der Waals surface area contributed by atoms with E-state index in [2.05, 4.69) is 4.74 Å². The predicted octanol–water partition coefficient (Wildman–Crippen LogP) is -0.0700. The van der Waals surface area contributed by atoms with E-state index in [1.54, 1.807) is 6.92 Å². The molecule has 0 aliphatic carbocycles. The topological polar surface area (TPSA) is 52.3 Å². The van der Waals surface area contributed by atoms with Crippen LogP contribution in [-0.2, 0) is 9.53 Å². The molecular weight excluding hydrogens is 132 g/mol. The molecule has 0 spiro atoms. The summed E-state index contributed by atoms with van der Waals surface area (Å²) in [6.45, 7) is 2.14. The highest BCUT2D eigenvalue weighted by Crippen LogP contribution is 1.69. The SMILES string of the molecule is CCO[13C](=O)[13CH2][15NH2].Cl. The summed E-state index contributed by atoms with van der Waals surface area (Å²) in [5.74, 6) is -0.345. The second-order valence-corrected chi connectivity index (χ2v) is 1.01. The van der Waals surface area contributed by atoms with E-state index >= 15 is 0 Å². The fourth-order valence-corrected chi connectivity index (χ4v) is 0.220. The molecule has 0 amide bonds. The molecule has 0 rings (SSSR count). The first-order valence-electron chi connectivity index (χ1n) is 2.17. The molecule has 0 atom stereocenters. The van der Waals surface area contributed by atoms with Crippen LogP contribution in [0.5, 0.6) is 0 Å². The molecule has 8 heavy (non-hydrogen) atoms. The zero-order valence-corrected chi connectivity index (χ0v) is 5.53. The van der Waals surface area contributed by atoms with Crippen molar-refractivity contribution < 1.29 is 9.53 Å². The summed E-state index contributed by atoms with van der Waals surface area (Å²) < 4.78 is 4.43. The van der Waals surface area contributed by atoms with Gasteiger partial charge in [-0.3, -0.25) is 4.79 Å². The molecule has 0 aromatic carbocycles. The lowest BCUT2D eigenvalue weighted by Crippen LogP contribution is -2.16. The third kappa shape index (κ3) is 5.72. The minimum atomic E-state index is -0.345. The highest BCUT2D eigenvalue weighted by Gasteiger charge is 1.91. The fraction of sp³-hybridized carbons (Fsp3) is 0.750. The normalized spacial score (nSPS) is 7.25. The Morgan fingerprint density at radius 2 is 2.25 bits per heavy atom. The summed E-state index contributed by atoms with van der Waals surface area (Å²) in [5, 5.41) is 0. The standard InChI is InChI=1S/C4H9NO2.ClH/c1-2-7-4(6)3-5;/h2-3,5H2,1H3;1H/i3+1,4+1,5+1;. The molecule has 0 heterocycles. The van der Waals surface area contributed by atoms with E-state index in [4.69, 9.17) is 5.73 Å². The van der Waals surface area contributed by atoms with E-state index in [1.807, 2.05) is 0 Å². The number of hydrogen-bond acceptors (Lipinski definition) is 3. The lowest BCUT2D eigenvalue weighted by Gasteiger charge is -1.93. The maximum atomic E-state index is 10.1. The van der Waals surface area contributed by atoms with Crippen molar-refractivity contribution in [1.82, 2.24) is 0 Å². The van der Waals surface area contributed by atoms with E-state index in [0.717, 1.165) is 0 Å². The Morgan fingerprint density at radius 3 is 2.38 bits per heavy atom. The van der Waals surface area contributed by atoms with Crippen LogP contribution in [0.15, 0.2) is 0 Å². The second-order valence-electron chi connectivity index (χ2n) is 1.01. The van der Waals surface area contributed by atoms with Crippen molar-refractivity contribution in [3.8, 4) is 0 Å². The monoisotopic (exact) mass is 142 g/mol. The summed E-state index contributed by atoms with van der Waals surface area (Å²) in [6.07, 6.45) is 0. The van der Waals surface area contributed by atoms with Gasteiger partial charge in [0.25, 0.3) is 0 Å². The number of ether oxygens (including phenoxy) is 1. The molecule has 2 N–H and O–H groups in total. The fourth-order valence-electron chi connectivity index (χ4n) is 0.220. The number of rotatable bonds is 2. The number of esters is 1. The molecule has 0 bridgehead atoms. The first kappa shape index (κ1) is 10.7. The molecule has 0 saturated carbocycles. The molecule has 0 saturated heterocycles. The van der Waals surface area contributed by atoms with Crippen LogP contribution in [-0.4, -0.2) is 19.1 Å². The third-order valence-corrected chi connectivity index (χ3v) is 0.472. The number of carbonyl (C=O) groups excluding carboxylic acids is 1. The smallest absolute Gasteiger partial charge is 0.319 e. The molecule has 0 radical (unpaired) electrons. The number of hydrogen-bond donors (Lipinski definition) is 1. The first-order chi connectivity index (χ1) is 3.31. The van der Waals surface area contributed by atoms with Crippen molar-refractivity contribution in [2.45, 2.75) is 6.92 Å². The lowest BCUT2D eigenvalue weighted by molar-refractivity contribution is -0.141. The van der Waals surface area contributed by atoms with Crippen molar-refractivity contribution in [2.24, 2.45) is 5.73 Å². The van der Waals surface area contributed by atoms with Crippen LogP contribution >= 0.6 is 12.4 Å². The Morgan fingerprint density at radius 1 is 1.75 bits per heavy atom. The van der Waals surface area contributed by atoms with Crippen LogP contribution < -0.4 is 5.73 Å². The van der Waals surface area contributed by atoms with Gasteiger partial charge in [-0.2, -0.15) is 0 Å². The summed E-state index contributed by atoms with van der Waals surface area (Å²) in [6, 6.07) is 0. The average molecular weight is 143 g/mol. The van der Waals surface area contributed by atoms with Crippen molar-refractivity contribution in [3.63, 3.8) is 0 Å². The average Bonchev–Trinajstić information content (AvgIpc) is 1.68. The van der Waals surface area contributed by atoms with Gasteiger partial charge in [0.2, 0.25) is 0 Å². The number of nitrogens with two attached hydrogens (primary N) is 1. The van der Waals surface area contributed by atoms with E-state index in [-0.39, 0.29) is 24.9 Å². The molecule has 0 aromatic heterocycles. The van der Waals surface area contributed by atoms with E-state index < -0.39 is 0 Å². The van der Waals surface area contributed by atoms with Gasteiger partial charge in [-0.1, -0.05) is 0 Å². The summed E-state index contributed by atoms with van der Waals surface area (Å²) in [5.41, 5.74) is 4.88. The van der Waals surface area contributed by atoms with Gasteiger partial charge in [0.15, 0.2) is 0 Å². The Kier molecular flexibility index (Phi) is 8.95. The maximum absolute atomic E-state index is 10.1. The molecule has 0 aliphatic heterocycles. The molecule has 0 unspecified atom stereocenters. The van der Waals surface area contributed by atoms with E-state index in [0.29, 0.717) is 6.61 Å². The van der Waals surface area contributed by atoms with Gasteiger partial charge in [0.1, 0.15) is 0 Å². The van der Waals surface area contributed by atoms with Crippen LogP contribution in [0.25, 0.3) is 0 Å². The first-order valence-corrected chi connectivity index (χ1v) is 2.17. The van der Waals surface area contributed by atoms with Gasteiger partial charge >= 0.3 is 5.97 Å². The van der Waals surface area contributed by atoms with Crippen molar-refractivity contribution in [2.75, 3.05) is 13.2 Å². The predicted molar refractivity (Wildman–Crippen MR) is 32.9 cm³/mol. The lowest BCUT2D eigenvalue weighted by atomic mass is 10.9. The number of halogens is 1. The van der Waals surface area contributed by atoms with Crippen LogP contribution in [0.2, 0.25) is 0 Å². The third-order valence-electron chi connectivity index (χ3n) is 0.472. The quantitative estimate of drug-likeness (QED) is 0.334. The van der Waals surface area contributed by atoms with Crippen LogP contribution in [0.1, 0.15) is 6.92 Å². The van der Waals surface area contributed by atoms with Crippen molar-refractivity contribution in [3.05, 3.63) is 0 Å². The highest BCUT2D eigenvalue weighted by molar-refractivity contribution is 5.85. The summed E-state index contributed by atoms with van der Waals surface area (Å²) in [7, 11) is 0. The Balaban J connectivity index is 0. The Bertz CT molecular complexity index is 67.1. The molecule has 0 aliphatic rings. The molecule has 4 heteroatoms. The molecule has 3 nitrogen and oxygen atoms in total. The highest BCUT2D eigenvalue weighted by atomic mass is 35.5. The van der Waals surface area contributed by atoms with Crippen molar-refractivity contribution >= 4 is 18.4 Å². The van der Waals surface area contributed by atoms with E-state index in [9.17, 15) is 4.79 Å². The number of carbonyl (C=O) groups is 1. The van der Waals surface area contributed by atoms with Gasteiger partial charge < -0.3 is 10.5 Å².